The fourth-order valence-corrected chi connectivity index (χ4v) is 3.37. The predicted molar refractivity (Wildman–Crippen MR) is 94.1 cm³/mol. The number of carbonyl (C=O) groups is 2. The van der Waals surface area contributed by atoms with E-state index in [1.165, 1.54) is 12.1 Å². The van der Waals surface area contributed by atoms with Gasteiger partial charge < -0.3 is 10.2 Å². The highest BCUT2D eigenvalue weighted by Crippen LogP contribution is 2.25. The van der Waals surface area contributed by atoms with Crippen LogP contribution in [0.3, 0.4) is 0 Å². The molecule has 3 N–H and O–H groups in total. The first-order chi connectivity index (χ1) is 11.5. The molecule has 1 heterocycles. The third kappa shape index (κ3) is 5.02. The maximum Gasteiger partial charge on any atom is 0.238 e. The lowest BCUT2D eigenvalue weighted by Crippen LogP contribution is -2.43. The van der Waals surface area contributed by atoms with E-state index in [1.807, 2.05) is 20.8 Å². The zero-order valence-corrected chi connectivity index (χ0v) is 15.6. The number of hydrogen-bond donors (Lipinski definition) is 2. The lowest BCUT2D eigenvalue weighted by atomic mass is 10.1. The Morgan fingerprint density at radius 3 is 2.36 bits per heavy atom. The highest BCUT2D eigenvalue weighted by molar-refractivity contribution is 7.89. The van der Waals surface area contributed by atoms with Crippen LogP contribution in [0.15, 0.2) is 29.2 Å². The number of hydrogen-bond acceptors (Lipinski definition) is 4. The lowest BCUT2D eigenvalue weighted by Gasteiger charge is -2.31. The van der Waals surface area contributed by atoms with Gasteiger partial charge in [0, 0.05) is 25.0 Å². The van der Waals surface area contributed by atoms with Crippen molar-refractivity contribution in [3.05, 3.63) is 29.8 Å². The molecule has 1 aliphatic rings. The van der Waals surface area contributed by atoms with Crippen LogP contribution in [0.1, 0.15) is 32.8 Å². The number of sulfonamides is 1. The third-order valence-corrected chi connectivity index (χ3v) is 5.20. The molecule has 138 valence electrons. The number of nitrogens with zero attached hydrogens (tertiary/aromatic N) is 1. The number of nitrogens with two attached hydrogens (primary N) is 1. The van der Waals surface area contributed by atoms with Crippen molar-refractivity contribution in [1.82, 2.24) is 10.2 Å². The minimum Gasteiger partial charge on any atom is -0.355 e. The number of rotatable bonds is 5. The summed E-state index contributed by atoms with van der Waals surface area (Å²) in [7, 11) is -3.69. The fraction of sp³-hybridized carbons (Fsp3) is 0.529. The molecule has 1 saturated heterocycles. The molecule has 2 amide bonds. The summed E-state index contributed by atoms with van der Waals surface area (Å²) in [5, 5.41) is 7.90. The Kier molecular flexibility index (Phi) is 5.53. The van der Waals surface area contributed by atoms with Crippen LogP contribution in [0.5, 0.6) is 0 Å². The largest absolute Gasteiger partial charge is 0.355 e. The lowest BCUT2D eigenvalue weighted by molar-refractivity contribution is -0.132. The minimum absolute atomic E-state index is 0.00577. The maximum absolute atomic E-state index is 12.3. The second-order valence-corrected chi connectivity index (χ2v) is 8.87. The molecule has 0 saturated carbocycles. The van der Waals surface area contributed by atoms with Gasteiger partial charge >= 0.3 is 0 Å². The summed E-state index contributed by atoms with van der Waals surface area (Å²) >= 11 is 0. The van der Waals surface area contributed by atoms with Crippen molar-refractivity contribution < 1.29 is 18.0 Å². The van der Waals surface area contributed by atoms with Gasteiger partial charge in [-0.05, 0) is 44.9 Å². The maximum atomic E-state index is 12.3. The Morgan fingerprint density at radius 2 is 1.88 bits per heavy atom. The van der Waals surface area contributed by atoms with E-state index >= 15 is 0 Å². The molecular weight excluding hydrogens is 342 g/mol. The first-order valence-corrected chi connectivity index (χ1v) is 9.73. The molecule has 1 aromatic carbocycles. The summed E-state index contributed by atoms with van der Waals surface area (Å²) in [5.74, 6) is -0.441. The van der Waals surface area contributed by atoms with Gasteiger partial charge in [0.1, 0.15) is 0 Å². The Morgan fingerprint density at radius 1 is 1.28 bits per heavy atom. The van der Waals surface area contributed by atoms with Gasteiger partial charge in [-0.3, -0.25) is 9.59 Å². The van der Waals surface area contributed by atoms with E-state index in [0.717, 1.165) is 5.56 Å². The van der Waals surface area contributed by atoms with E-state index < -0.39 is 10.0 Å². The van der Waals surface area contributed by atoms with Crippen LogP contribution in [-0.2, 0) is 26.0 Å². The topological polar surface area (TPSA) is 110 Å². The molecular formula is C17H25N3O4S. The van der Waals surface area contributed by atoms with Gasteiger partial charge in [-0.25, -0.2) is 13.6 Å². The molecule has 0 bridgehead atoms. The van der Waals surface area contributed by atoms with Gasteiger partial charge in [0.2, 0.25) is 21.8 Å². The zero-order chi connectivity index (χ0) is 18.8. The van der Waals surface area contributed by atoms with Gasteiger partial charge in [-0.1, -0.05) is 12.1 Å². The highest BCUT2D eigenvalue weighted by atomic mass is 32.2. The normalized spacial score (nSPS) is 18.5. The molecule has 1 fully saturated rings. The van der Waals surface area contributed by atoms with Gasteiger partial charge in [0.25, 0.3) is 0 Å². The van der Waals surface area contributed by atoms with Crippen LogP contribution >= 0.6 is 0 Å². The molecule has 25 heavy (non-hydrogen) atoms. The predicted octanol–water partition coefficient (Wildman–Crippen LogP) is 0.640. The van der Waals surface area contributed by atoms with Crippen molar-refractivity contribution in [2.24, 2.45) is 11.1 Å². The summed E-state index contributed by atoms with van der Waals surface area (Å²) in [6.45, 7) is 6.73. The molecule has 8 heteroatoms. The first-order valence-electron chi connectivity index (χ1n) is 8.18. The molecule has 0 aromatic heterocycles. The monoisotopic (exact) mass is 367 g/mol. The summed E-state index contributed by atoms with van der Waals surface area (Å²) < 4.78 is 22.4. The van der Waals surface area contributed by atoms with E-state index in [4.69, 9.17) is 5.14 Å². The molecule has 0 aliphatic carbocycles. The van der Waals surface area contributed by atoms with Gasteiger partial charge in [-0.2, -0.15) is 0 Å². The molecule has 0 unspecified atom stereocenters. The third-order valence-electron chi connectivity index (χ3n) is 4.27. The number of likely N-dealkylation sites (tertiary alicyclic amines) is 1. The van der Waals surface area contributed by atoms with Gasteiger partial charge in [0.05, 0.1) is 10.8 Å². The second kappa shape index (κ2) is 7.13. The van der Waals surface area contributed by atoms with Crippen LogP contribution in [-0.4, -0.2) is 43.8 Å². The van der Waals surface area contributed by atoms with Crippen molar-refractivity contribution in [2.45, 2.75) is 44.0 Å². The van der Waals surface area contributed by atoms with Crippen LogP contribution < -0.4 is 10.5 Å². The molecule has 7 nitrogen and oxygen atoms in total. The highest BCUT2D eigenvalue weighted by Gasteiger charge is 2.39. The van der Waals surface area contributed by atoms with Crippen molar-refractivity contribution in [1.29, 1.82) is 0 Å². The van der Waals surface area contributed by atoms with Crippen LogP contribution in [0.25, 0.3) is 0 Å². The van der Waals surface area contributed by atoms with E-state index in [1.54, 1.807) is 17.0 Å². The van der Waals surface area contributed by atoms with E-state index in [0.29, 0.717) is 19.5 Å². The molecule has 1 aliphatic heterocycles. The zero-order valence-electron chi connectivity index (χ0n) is 14.8. The molecule has 0 spiro atoms. The smallest absolute Gasteiger partial charge is 0.238 e. The van der Waals surface area contributed by atoms with Crippen LogP contribution in [0, 0.1) is 5.92 Å². The Bertz CT molecular complexity index is 751. The molecule has 0 radical (unpaired) electrons. The van der Waals surface area contributed by atoms with E-state index in [2.05, 4.69) is 5.32 Å². The van der Waals surface area contributed by atoms with E-state index in [9.17, 15) is 18.0 Å². The van der Waals surface area contributed by atoms with Gasteiger partial charge in [-0.15, -0.1) is 0 Å². The fourth-order valence-electron chi connectivity index (χ4n) is 2.85. The average molecular weight is 367 g/mol. The van der Waals surface area contributed by atoms with Crippen molar-refractivity contribution in [3.8, 4) is 0 Å². The summed E-state index contributed by atoms with van der Waals surface area (Å²) in [6, 6.07) is 6.24. The van der Waals surface area contributed by atoms with Crippen LogP contribution in [0.2, 0.25) is 0 Å². The first kappa shape index (κ1) is 19.4. The van der Waals surface area contributed by atoms with E-state index in [-0.39, 0.29) is 34.6 Å². The Balaban J connectivity index is 1.84. The van der Waals surface area contributed by atoms with Crippen molar-refractivity contribution >= 4 is 21.8 Å². The summed E-state index contributed by atoms with van der Waals surface area (Å²) in [5.41, 5.74) is 0.614. The van der Waals surface area contributed by atoms with Crippen molar-refractivity contribution in [3.63, 3.8) is 0 Å². The summed E-state index contributed by atoms with van der Waals surface area (Å²) in [4.78, 5) is 26.1. The minimum atomic E-state index is -3.69. The molecule has 1 atom stereocenters. The van der Waals surface area contributed by atoms with Gasteiger partial charge in [0.15, 0.2) is 0 Å². The average Bonchev–Trinajstić information content (AvgIpc) is 2.89. The Labute approximate surface area is 148 Å². The molecule has 1 aromatic rings. The second-order valence-electron chi connectivity index (χ2n) is 7.31. The standard InChI is InChI=1S/C17H25N3O4S/c1-17(2,3)20-11-13(10-15(20)21)16(22)19-9-8-12-4-6-14(7-5-12)25(18,23)24/h4-7,13H,8-11H2,1-3H3,(H,19,22)(H2,18,23,24)/t13-/m0/s1. The number of benzene rings is 1. The number of primary sulfonamides is 1. The summed E-state index contributed by atoms with van der Waals surface area (Å²) in [6.07, 6.45) is 0.812. The van der Waals surface area contributed by atoms with Crippen LogP contribution in [0.4, 0.5) is 0 Å². The number of nitrogens with one attached hydrogen (secondary N) is 1. The SMILES string of the molecule is CC(C)(C)N1C[C@@H](C(=O)NCCc2ccc(S(N)(=O)=O)cc2)CC1=O. The quantitative estimate of drug-likeness (QED) is 0.796. The van der Waals surface area contributed by atoms with Crippen molar-refractivity contribution in [2.75, 3.05) is 13.1 Å². The number of carbonyl (C=O) groups excluding carboxylic acids is 2. The molecule has 2 rings (SSSR count). The number of amides is 2. The Hall–Kier alpha value is -1.93.